The van der Waals surface area contributed by atoms with Crippen LogP contribution >= 0.6 is 22.9 Å². The van der Waals surface area contributed by atoms with Gasteiger partial charge in [0.2, 0.25) is 0 Å². The van der Waals surface area contributed by atoms with E-state index in [1.165, 1.54) is 11.3 Å². The highest BCUT2D eigenvalue weighted by Crippen LogP contribution is 2.36. The highest BCUT2D eigenvalue weighted by Gasteiger charge is 2.23. The molecule has 0 aliphatic carbocycles. The molecule has 3 rings (SSSR count). The molecule has 1 aromatic heterocycles. The van der Waals surface area contributed by atoms with Crippen molar-refractivity contribution in [3.05, 3.63) is 75.6 Å². The maximum absolute atomic E-state index is 12.6. The van der Waals surface area contributed by atoms with E-state index in [2.05, 4.69) is 5.32 Å². The minimum atomic E-state index is -0.462. The molecule has 1 N–H and O–H groups in total. The normalized spacial score (nSPS) is 10.5. The van der Waals surface area contributed by atoms with Crippen molar-refractivity contribution in [3.8, 4) is 11.1 Å². The van der Waals surface area contributed by atoms with Crippen LogP contribution in [0.1, 0.15) is 33.2 Å². The minimum Gasteiger partial charge on any atom is -0.462 e. The van der Waals surface area contributed by atoms with Crippen LogP contribution in [-0.2, 0) is 4.74 Å². The zero-order chi connectivity index (χ0) is 19.4. The summed E-state index contributed by atoms with van der Waals surface area (Å²) in [7, 11) is 0. The summed E-state index contributed by atoms with van der Waals surface area (Å²) >= 11 is 7.25. The zero-order valence-corrected chi connectivity index (χ0v) is 16.5. The van der Waals surface area contributed by atoms with Gasteiger partial charge in [0.1, 0.15) is 10.6 Å². The topological polar surface area (TPSA) is 55.4 Å². The lowest BCUT2D eigenvalue weighted by Gasteiger charge is -2.09. The quantitative estimate of drug-likeness (QED) is 0.551. The Morgan fingerprint density at radius 3 is 2.56 bits per heavy atom. The molecule has 6 heteroatoms. The number of aryl methyl sites for hydroxylation is 1. The first-order chi connectivity index (χ1) is 13.0. The summed E-state index contributed by atoms with van der Waals surface area (Å²) in [4.78, 5) is 25.1. The SMILES string of the molecule is CCOC(=O)c1c(-c2ccc(C)cc2)csc1NC(=O)c1cccc(Cl)c1. The highest BCUT2D eigenvalue weighted by atomic mass is 35.5. The van der Waals surface area contributed by atoms with Crippen LogP contribution in [0.3, 0.4) is 0 Å². The fourth-order valence-corrected chi connectivity index (χ4v) is 3.75. The Bertz CT molecular complexity index is 979. The number of amides is 1. The van der Waals surface area contributed by atoms with Gasteiger partial charge in [-0.2, -0.15) is 0 Å². The molecule has 4 nitrogen and oxygen atoms in total. The first-order valence-electron chi connectivity index (χ1n) is 8.42. The van der Waals surface area contributed by atoms with Crippen LogP contribution in [0.5, 0.6) is 0 Å². The van der Waals surface area contributed by atoms with E-state index in [0.717, 1.165) is 16.7 Å². The number of hydrogen-bond donors (Lipinski definition) is 1. The number of thiophene rings is 1. The average Bonchev–Trinajstić information content (AvgIpc) is 3.06. The number of anilines is 1. The van der Waals surface area contributed by atoms with Crippen molar-refractivity contribution in [1.29, 1.82) is 0 Å². The van der Waals surface area contributed by atoms with Gasteiger partial charge in [0.25, 0.3) is 5.91 Å². The summed E-state index contributed by atoms with van der Waals surface area (Å²) in [5, 5.41) is 5.59. The summed E-state index contributed by atoms with van der Waals surface area (Å²) in [6.07, 6.45) is 0. The molecule has 0 fully saturated rings. The molecule has 0 spiro atoms. The lowest BCUT2D eigenvalue weighted by Crippen LogP contribution is -2.14. The predicted octanol–water partition coefficient (Wildman–Crippen LogP) is 5.81. The lowest BCUT2D eigenvalue weighted by atomic mass is 10.0. The standard InChI is InChI=1S/C21H18ClNO3S/c1-3-26-21(25)18-17(14-9-7-13(2)8-10-14)12-27-20(18)23-19(24)15-5-4-6-16(22)11-15/h4-12H,3H2,1-2H3,(H,23,24). The number of esters is 1. The van der Waals surface area contributed by atoms with Gasteiger partial charge in [-0.25, -0.2) is 4.79 Å². The molecule has 0 aliphatic heterocycles. The fraction of sp³-hybridized carbons (Fsp3) is 0.143. The summed E-state index contributed by atoms with van der Waals surface area (Å²) in [5.41, 5.74) is 3.54. The molecule has 0 bridgehead atoms. The number of hydrogen-bond acceptors (Lipinski definition) is 4. The molecule has 138 valence electrons. The van der Waals surface area contributed by atoms with Crippen molar-refractivity contribution in [2.24, 2.45) is 0 Å². The second kappa shape index (κ2) is 8.37. The minimum absolute atomic E-state index is 0.254. The Balaban J connectivity index is 1.98. The van der Waals surface area contributed by atoms with Crippen molar-refractivity contribution in [2.75, 3.05) is 11.9 Å². The van der Waals surface area contributed by atoms with E-state index in [4.69, 9.17) is 16.3 Å². The highest BCUT2D eigenvalue weighted by molar-refractivity contribution is 7.15. The maximum atomic E-state index is 12.6. The molecular formula is C21H18ClNO3S. The molecule has 27 heavy (non-hydrogen) atoms. The summed E-state index contributed by atoms with van der Waals surface area (Å²) < 4.78 is 5.21. The first-order valence-corrected chi connectivity index (χ1v) is 9.68. The van der Waals surface area contributed by atoms with Gasteiger partial charge in [0.15, 0.2) is 0 Å². The van der Waals surface area contributed by atoms with Crippen LogP contribution in [0.15, 0.2) is 53.9 Å². The molecule has 0 atom stereocenters. The largest absolute Gasteiger partial charge is 0.462 e. The Hall–Kier alpha value is -2.63. The molecule has 2 aromatic carbocycles. The molecule has 1 amide bonds. The molecule has 0 saturated heterocycles. The molecule has 0 saturated carbocycles. The van der Waals surface area contributed by atoms with Crippen molar-refractivity contribution in [3.63, 3.8) is 0 Å². The van der Waals surface area contributed by atoms with E-state index < -0.39 is 5.97 Å². The average molecular weight is 400 g/mol. The Morgan fingerprint density at radius 1 is 1.15 bits per heavy atom. The third kappa shape index (κ3) is 4.38. The van der Waals surface area contributed by atoms with E-state index in [0.29, 0.717) is 21.2 Å². The van der Waals surface area contributed by atoms with Crippen LogP contribution in [-0.4, -0.2) is 18.5 Å². The fourth-order valence-electron chi connectivity index (χ4n) is 2.61. The summed E-state index contributed by atoms with van der Waals surface area (Å²) in [6.45, 7) is 4.00. The Morgan fingerprint density at radius 2 is 1.89 bits per heavy atom. The van der Waals surface area contributed by atoms with Crippen LogP contribution in [0.2, 0.25) is 5.02 Å². The van der Waals surface area contributed by atoms with Crippen molar-refractivity contribution >= 4 is 39.8 Å². The number of carbonyl (C=O) groups excluding carboxylic acids is 2. The number of ether oxygens (including phenoxy) is 1. The van der Waals surface area contributed by atoms with Gasteiger partial charge in [0.05, 0.1) is 6.61 Å². The third-order valence-corrected chi connectivity index (χ3v) is 5.08. The maximum Gasteiger partial charge on any atom is 0.341 e. The van der Waals surface area contributed by atoms with Gasteiger partial charge in [0, 0.05) is 21.5 Å². The molecule has 0 aliphatic rings. The molecule has 0 radical (unpaired) electrons. The van der Waals surface area contributed by atoms with Gasteiger partial charge >= 0.3 is 5.97 Å². The van der Waals surface area contributed by atoms with Gasteiger partial charge in [-0.3, -0.25) is 4.79 Å². The Labute approximate surface area is 166 Å². The molecule has 1 heterocycles. The van der Waals surface area contributed by atoms with Crippen molar-refractivity contribution < 1.29 is 14.3 Å². The zero-order valence-electron chi connectivity index (χ0n) is 14.9. The summed E-state index contributed by atoms with van der Waals surface area (Å²) in [5.74, 6) is -0.795. The lowest BCUT2D eigenvalue weighted by molar-refractivity contribution is 0.0529. The molecular weight excluding hydrogens is 382 g/mol. The second-order valence-electron chi connectivity index (χ2n) is 5.90. The number of carbonyl (C=O) groups is 2. The summed E-state index contributed by atoms with van der Waals surface area (Å²) in [6, 6.07) is 14.5. The number of benzene rings is 2. The second-order valence-corrected chi connectivity index (χ2v) is 7.22. The Kier molecular flexibility index (Phi) is 5.94. The van der Waals surface area contributed by atoms with Gasteiger partial charge in [-0.05, 0) is 37.6 Å². The monoisotopic (exact) mass is 399 g/mol. The third-order valence-electron chi connectivity index (χ3n) is 3.95. The van der Waals surface area contributed by atoms with E-state index in [9.17, 15) is 9.59 Å². The molecule has 3 aromatic rings. The van der Waals surface area contributed by atoms with Crippen LogP contribution in [0.25, 0.3) is 11.1 Å². The van der Waals surface area contributed by atoms with Gasteiger partial charge in [-0.1, -0.05) is 47.5 Å². The number of halogens is 1. The first kappa shape index (κ1) is 19.1. The van der Waals surface area contributed by atoms with E-state index in [1.807, 2.05) is 36.6 Å². The number of rotatable bonds is 5. The molecule has 0 unspecified atom stereocenters. The number of nitrogens with one attached hydrogen (secondary N) is 1. The van der Waals surface area contributed by atoms with Crippen LogP contribution in [0, 0.1) is 6.92 Å². The van der Waals surface area contributed by atoms with Crippen molar-refractivity contribution in [2.45, 2.75) is 13.8 Å². The van der Waals surface area contributed by atoms with Crippen LogP contribution in [0.4, 0.5) is 5.00 Å². The van der Waals surface area contributed by atoms with Crippen LogP contribution < -0.4 is 5.32 Å². The van der Waals surface area contributed by atoms with Gasteiger partial charge in [-0.15, -0.1) is 11.3 Å². The van der Waals surface area contributed by atoms with E-state index in [-0.39, 0.29) is 12.5 Å². The van der Waals surface area contributed by atoms with Crippen molar-refractivity contribution in [1.82, 2.24) is 0 Å². The van der Waals surface area contributed by atoms with E-state index in [1.54, 1.807) is 31.2 Å². The van der Waals surface area contributed by atoms with Gasteiger partial charge < -0.3 is 10.1 Å². The predicted molar refractivity (Wildman–Crippen MR) is 110 cm³/mol. The van der Waals surface area contributed by atoms with E-state index >= 15 is 0 Å². The smallest absolute Gasteiger partial charge is 0.341 e.